The van der Waals surface area contributed by atoms with Crippen LogP contribution in [0, 0.1) is 0 Å². The first kappa shape index (κ1) is 12.1. The molecule has 0 aliphatic heterocycles. The summed E-state index contributed by atoms with van der Waals surface area (Å²) in [6.45, 7) is 0.255. The number of aryl methyl sites for hydroxylation is 1. The van der Waals surface area contributed by atoms with E-state index < -0.39 is 10.0 Å². The van der Waals surface area contributed by atoms with E-state index in [9.17, 15) is 8.42 Å². The molecule has 0 fully saturated rings. The average Bonchev–Trinajstić information content (AvgIpc) is 2.86. The van der Waals surface area contributed by atoms with Crippen LogP contribution in [0.25, 0.3) is 0 Å². The molecule has 0 aliphatic rings. The maximum Gasteiger partial charge on any atom is 0.260 e. The number of rotatable bonds is 4. The molecule has 0 unspecified atom stereocenters. The van der Waals surface area contributed by atoms with Crippen LogP contribution in [0.2, 0.25) is 0 Å². The molecule has 2 aromatic heterocycles. The Kier molecular flexibility index (Phi) is 3.18. The van der Waals surface area contributed by atoms with Crippen molar-refractivity contribution in [2.75, 3.05) is 5.73 Å². The summed E-state index contributed by atoms with van der Waals surface area (Å²) in [5, 5.41) is 1.89. The number of anilines is 1. The number of hydrogen-bond acceptors (Lipinski definition) is 5. The molecule has 0 saturated carbocycles. The van der Waals surface area contributed by atoms with Crippen LogP contribution in [0.15, 0.2) is 28.9 Å². The largest absolute Gasteiger partial charge is 0.381 e. The van der Waals surface area contributed by atoms with Crippen molar-refractivity contribution in [1.29, 1.82) is 0 Å². The van der Waals surface area contributed by atoms with E-state index in [-0.39, 0.29) is 17.4 Å². The van der Waals surface area contributed by atoms with E-state index in [1.165, 1.54) is 22.2 Å². The lowest BCUT2D eigenvalue weighted by atomic mass is 10.5. The van der Waals surface area contributed by atoms with E-state index in [0.29, 0.717) is 0 Å². The lowest BCUT2D eigenvalue weighted by molar-refractivity contribution is 0.572. The predicted octanol–water partition coefficient (Wildman–Crippen LogP) is 0.542. The molecule has 3 N–H and O–H groups in total. The van der Waals surface area contributed by atoms with Crippen molar-refractivity contribution in [1.82, 2.24) is 14.3 Å². The molecule has 2 heterocycles. The van der Waals surface area contributed by atoms with Crippen LogP contribution in [0.3, 0.4) is 0 Å². The molecule has 0 spiro atoms. The quantitative estimate of drug-likeness (QED) is 0.850. The van der Waals surface area contributed by atoms with Gasteiger partial charge in [0.05, 0.1) is 6.33 Å². The third-order valence-corrected chi connectivity index (χ3v) is 4.59. The molecule has 6 nitrogen and oxygen atoms in total. The molecule has 2 rings (SSSR count). The zero-order valence-electron chi connectivity index (χ0n) is 9.12. The van der Waals surface area contributed by atoms with E-state index in [4.69, 9.17) is 5.73 Å². The first-order valence-corrected chi connectivity index (χ1v) is 7.16. The summed E-state index contributed by atoms with van der Waals surface area (Å²) in [4.78, 5) is 4.69. The van der Waals surface area contributed by atoms with Gasteiger partial charge in [-0.1, -0.05) is 6.07 Å². The molecule has 92 valence electrons. The van der Waals surface area contributed by atoms with Crippen LogP contribution >= 0.6 is 11.3 Å². The van der Waals surface area contributed by atoms with Gasteiger partial charge in [-0.05, 0) is 11.4 Å². The van der Waals surface area contributed by atoms with Crippen molar-refractivity contribution in [3.05, 3.63) is 28.7 Å². The number of nitrogen functional groups attached to an aromatic ring is 1. The molecule has 0 saturated heterocycles. The Hall–Kier alpha value is -1.38. The second-order valence-corrected chi connectivity index (χ2v) is 6.16. The van der Waals surface area contributed by atoms with Crippen LogP contribution < -0.4 is 10.5 Å². The van der Waals surface area contributed by atoms with Crippen molar-refractivity contribution in [2.45, 2.75) is 11.6 Å². The number of nitrogens with one attached hydrogen (secondary N) is 1. The predicted molar refractivity (Wildman–Crippen MR) is 66.0 cm³/mol. The second kappa shape index (κ2) is 4.47. The maximum atomic E-state index is 12.0. The van der Waals surface area contributed by atoms with Gasteiger partial charge in [0, 0.05) is 18.5 Å². The van der Waals surface area contributed by atoms with E-state index in [0.717, 1.165) is 4.88 Å². The average molecular weight is 272 g/mol. The number of nitrogens with zero attached hydrogens (tertiary/aromatic N) is 2. The molecular formula is C9H12N4O2S2. The number of nitrogens with two attached hydrogens (primary N) is 1. The van der Waals surface area contributed by atoms with Crippen LogP contribution in [-0.2, 0) is 23.6 Å². The first-order chi connectivity index (χ1) is 8.00. The Morgan fingerprint density at radius 3 is 2.88 bits per heavy atom. The van der Waals surface area contributed by atoms with Crippen LogP contribution in [0.4, 0.5) is 5.82 Å². The third kappa shape index (κ3) is 2.48. The molecular weight excluding hydrogens is 260 g/mol. The van der Waals surface area contributed by atoms with Gasteiger partial charge in [-0.3, -0.25) is 0 Å². The van der Waals surface area contributed by atoms with Gasteiger partial charge in [-0.2, -0.15) is 0 Å². The standard InChI is InChI=1S/C9H12N4O2S2/c1-13-6-11-8(10)9(13)17(14,15)12-5-7-3-2-4-16-7/h2-4,6,12H,5,10H2,1H3. The van der Waals surface area contributed by atoms with Gasteiger partial charge < -0.3 is 10.3 Å². The number of imidazole rings is 1. The van der Waals surface area contributed by atoms with Crippen molar-refractivity contribution >= 4 is 27.2 Å². The molecule has 0 bridgehead atoms. The molecule has 2 aromatic rings. The number of aromatic nitrogens is 2. The van der Waals surface area contributed by atoms with E-state index >= 15 is 0 Å². The molecule has 17 heavy (non-hydrogen) atoms. The summed E-state index contributed by atoms with van der Waals surface area (Å²) in [6.07, 6.45) is 1.37. The minimum Gasteiger partial charge on any atom is -0.381 e. The summed E-state index contributed by atoms with van der Waals surface area (Å²) in [7, 11) is -2.04. The van der Waals surface area contributed by atoms with E-state index in [1.54, 1.807) is 7.05 Å². The fraction of sp³-hybridized carbons (Fsp3) is 0.222. The Balaban J connectivity index is 2.20. The highest BCUT2D eigenvalue weighted by Gasteiger charge is 2.21. The Labute approximate surface area is 103 Å². The minimum atomic E-state index is -3.62. The van der Waals surface area contributed by atoms with Crippen molar-refractivity contribution < 1.29 is 8.42 Å². The fourth-order valence-electron chi connectivity index (χ4n) is 1.41. The third-order valence-electron chi connectivity index (χ3n) is 2.18. The molecule has 0 amide bonds. The second-order valence-electron chi connectivity index (χ2n) is 3.45. The summed E-state index contributed by atoms with van der Waals surface area (Å²) in [5.41, 5.74) is 5.53. The van der Waals surface area contributed by atoms with Gasteiger partial charge >= 0.3 is 0 Å². The molecule has 0 atom stereocenters. The van der Waals surface area contributed by atoms with Crippen LogP contribution in [0.5, 0.6) is 0 Å². The Bertz CT molecular complexity index is 581. The normalized spacial score (nSPS) is 11.8. The fourth-order valence-corrected chi connectivity index (χ4v) is 3.38. The minimum absolute atomic E-state index is 0.00550. The Morgan fingerprint density at radius 1 is 1.59 bits per heavy atom. The highest BCUT2D eigenvalue weighted by atomic mass is 32.2. The Morgan fingerprint density at radius 2 is 2.35 bits per heavy atom. The van der Waals surface area contributed by atoms with Crippen molar-refractivity contribution in [3.63, 3.8) is 0 Å². The lowest BCUT2D eigenvalue weighted by Crippen LogP contribution is -2.25. The van der Waals surface area contributed by atoms with Gasteiger partial charge in [-0.15, -0.1) is 11.3 Å². The van der Waals surface area contributed by atoms with Crippen LogP contribution in [-0.4, -0.2) is 18.0 Å². The molecule has 0 aromatic carbocycles. The van der Waals surface area contributed by atoms with Gasteiger partial charge in [0.25, 0.3) is 10.0 Å². The topological polar surface area (TPSA) is 90.0 Å². The summed E-state index contributed by atoms with van der Waals surface area (Å²) >= 11 is 1.49. The van der Waals surface area contributed by atoms with Crippen molar-refractivity contribution in [2.24, 2.45) is 7.05 Å². The zero-order valence-corrected chi connectivity index (χ0v) is 10.8. The number of thiophene rings is 1. The van der Waals surface area contributed by atoms with E-state index in [1.807, 2.05) is 17.5 Å². The highest BCUT2D eigenvalue weighted by molar-refractivity contribution is 7.89. The maximum absolute atomic E-state index is 12.0. The summed E-state index contributed by atoms with van der Waals surface area (Å²) in [6, 6.07) is 3.73. The van der Waals surface area contributed by atoms with Crippen molar-refractivity contribution in [3.8, 4) is 0 Å². The van der Waals surface area contributed by atoms with E-state index in [2.05, 4.69) is 9.71 Å². The molecule has 0 radical (unpaired) electrons. The highest BCUT2D eigenvalue weighted by Crippen LogP contribution is 2.16. The summed E-state index contributed by atoms with van der Waals surface area (Å²) < 4.78 is 27.8. The monoisotopic (exact) mass is 272 g/mol. The van der Waals surface area contributed by atoms with Gasteiger partial charge in [-0.25, -0.2) is 18.1 Å². The number of sulfonamides is 1. The zero-order chi connectivity index (χ0) is 12.5. The molecule has 8 heteroatoms. The van der Waals surface area contributed by atoms with Crippen LogP contribution in [0.1, 0.15) is 4.88 Å². The summed E-state index contributed by atoms with van der Waals surface area (Å²) in [5.74, 6) is 0.00572. The number of hydrogen-bond donors (Lipinski definition) is 2. The van der Waals surface area contributed by atoms with Gasteiger partial charge in [0.15, 0.2) is 10.8 Å². The SMILES string of the molecule is Cn1cnc(N)c1S(=O)(=O)NCc1cccs1. The smallest absolute Gasteiger partial charge is 0.260 e. The first-order valence-electron chi connectivity index (χ1n) is 4.79. The van der Waals surface area contributed by atoms with Gasteiger partial charge in [0.2, 0.25) is 0 Å². The van der Waals surface area contributed by atoms with Gasteiger partial charge in [0.1, 0.15) is 0 Å². The lowest BCUT2D eigenvalue weighted by Gasteiger charge is -2.06. The molecule has 0 aliphatic carbocycles.